The molecule has 0 aromatic carbocycles. The number of hydrogen-bond acceptors (Lipinski definition) is 6. The molecular weight excluding hydrogens is 344 g/mol. The van der Waals surface area contributed by atoms with E-state index >= 15 is 0 Å². The Morgan fingerprint density at radius 1 is 1.24 bits per heavy atom. The number of ether oxygens (including phenoxy) is 1. The van der Waals surface area contributed by atoms with E-state index < -0.39 is 9.84 Å². The zero-order valence-electron chi connectivity index (χ0n) is 14.1. The Morgan fingerprint density at radius 2 is 1.96 bits per heavy atom. The molecule has 0 aliphatic carbocycles. The van der Waals surface area contributed by atoms with Crippen molar-refractivity contribution >= 4 is 15.9 Å². The van der Waals surface area contributed by atoms with E-state index in [1.165, 1.54) is 0 Å². The summed E-state index contributed by atoms with van der Waals surface area (Å²) in [5, 5.41) is 2.96. The molecule has 2 aliphatic rings. The predicted octanol–water partition coefficient (Wildman–Crippen LogP) is -0.105. The number of urea groups is 1. The first-order valence-corrected chi connectivity index (χ1v) is 10.3. The van der Waals surface area contributed by atoms with Crippen LogP contribution in [0.15, 0.2) is 24.5 Å². The molecule has 2 aliphatic heterocycles. The number of pyridine rings is 1. The Hall–Kier alpha value is -1.71. The van der Waals surface area contributed by atoms with Gasteiger partial charge in [-0.25, -0.2) is 13.2 Å². The van der Waals surface area contributed by atoms with Gasteiger partial charge in [-0.3, -0.25) is 9.88 Å². The van der Waals surface area contributed by atoms with Gasteiger partial charge in [-0.2, -0.15) is 0 Å². The summed E-state index contributed by atoms with van der Waals surface area (Å²) in [6.45, 7) is 3.92. The molecule has 0 spiro atoms. The molecule has 9 heteroatoms. The van der Waals surface area contributed by atoms with Crippen molar-refractivity contribution in [1.82, 2.24) is 20.1 Å². The van der Waals surface area contributed by atoms with Crippen LogP contribution in [0.25, 0.3) is 0 Å². The maximum absolute atomic E-state index is 12.4. The first-order chi connectivity index (χ1) is 12.1. The maximum Gasteiger partial charge on any atom is 0.317 e. The molecule has 1 aromatic heterocycles. The maximum atomic E-state index is 12.4. The van der Waals surface area contributed by atoms with E-state index in [2.05, 4.69) is 15.2 Å². The van der Waals surface area contributed by atoms with Crippen LogP contribution >= 0.6 is 0 Å². The molecule has 25 heavy (non-hydrogen) atoms. The molecule has 0 unspecified atom stereocenters. The van der Waals surface area contributed by atoms with E-state index in [1.54, 1.807) is 11.1 Å². The van der Waals surface area contributed by atoms with Crippen molar-refractivity contribution in [3.63, 3.8) is 0 Å². The van der Waals surface area contributed by atoms with Crippen molar-refractivity contribution in [2.45, 2.75) is 6.04 Å². The normalized spacial score (nSPS) is 22.3. The lowest BCUT2D eigenvalue weighted by atomic mass is 10.1. The molecule has 2 amide bonds. The van der Waals surface area contributed by atoms with Crippen LogP contribution in [0.1, 0.15) is 11.6 Å². The topological polar surface area (TPSA) is 91.8 Å². The minimum atomic E-state index is -2.99. The summed E-state index contributed by atoms with van der Waals surface area (Å²) in [5.41, 5.74) is 1.05. The summed E-state index contributed by atoms with van der Waals surface area (Å²) in [4.78, 5) is 20.4. The molecule has 0 bridgehead atoms. The van der Waals surface area contributed by atoms with Crippen LogP contribution in [-0.2, 0) is 14.6 Å². The first-order valence-electron chi connectivity index (χ1n) is 8.50. The van der Waals surface area contributed by atoms with Crippen LogP contribution in [0, 0.1) is 0 Å². The summed E-state index contributed by atoms with van der Waals surface area (Å²) in [5.74, 6) is 0.0752. The zero-order chi connectivity index (χ0) is 17.7. The number of nitrogens with zero attached hydrogens (tertiary/aromatic N) is 3. The number of hydrogen-bond donors (Lipinski definition) is 1. The fourth-order valence-electron chi connectivity index (χ4n) is 3.13. The molecule has 1 N–H and O–H groups in total. The van der Waals surface area contributed by atoms with E-state index in [9.17, 15) is 13.2 Å². The Balaban J connectivity index is 1.61. The summed E-state index contributed by atoms with van der Waals surface area (Å²) in [7, 11) is -2.99. The van der Waals surface area contributed by atoms with E-state index in [1.807, 2.05) is 18.3 Å². The van der Waals surface area contributed by atoms with Gasteiger partial charge in [-0.05, 0) is 11.6 Å². The summed E-state index contributed by atoms with van der Waals surface area (Å²) < 4.78 is 28.4. The molecule has 8 nitrogen and oxygen atoms in total. The van der Waals surface area contributed by atoms with E-state index in [0.717, 1.165) is 18.7 Å². The van der Waals surface area contributed by atoms with Gasteiger partial charge in [0, 0.05) is 45.1 Å². The first kappa shape index (κ1) is 18.1. The number of carbonyl (C=O) groups is 1. The van der Waals surface area contributed by atoms with E-state index in [-0.39, 0.29) is 36.7 Å². The van der Waals surface area contributed by atoms with Gasteiger partial charge in [0.05, 0.1) is 30.8 Å². The molecule has 0 radical (unpaired) electrons. The quantitative estimate of drug-likeness (QED) is 0.798. The van der Waals surface area contributed by atoms with Gasteiger partial charge in [0.15, 0.2) is 9.84 Å². The van der Waals surface area contributed by atoms with Crippen molar-refractivity contribution in [2.75, 3.05) is 57.4 Å². The molecule has 3 rings (SSSR count). The van der Waals surface area contributed by atoms with Crippen LogP contribution < -0.4 is 5.32 Å². The third kappa shape index (κ3) is 4.90. The lowest BCUT2D eigenvalue weighted by molar-refractivity contribution is 0.0164. The fourth-order valence-corrected chi connectivity index (χ4v) is 4.33. The van der Waals surface area contributed by atoms with Gasteiger partial charge in [0.1, 0.15) is 0 Å². The highest BCUT2D eigenvalue weighted by Crippen LogP contribution is 2.20. The molecule has 2 fully saturated rings. The van der Waals surface area contributed by atoms with Gasteiger partial charge >= 0.3 is 6.03 Å². The van der Waals surface area contributed by atoms with Crippen molar-refractivity contribution < 1.29 is 17.9 Å². The van der Waals surface area contributed by atoms with E-state index in [0.29, 0.717) is 19.8 Å². The third-order valence-electron chi connectivity index (χ3n) is 4.63. The van der Waals surface area contributed by atoms with Gasteiger partial charge in [0.2, 0.25) is 0 Å². The average molecular weight is 368 g/mol. The summed E-state index contributed by atoms with van der Waals surface area (Å²) in [6, 6.07) is 3.71. The standard InChI is InChI=1S/C16H24N4O4S/c21-16(20-6-10-25(22,23)11-7-20)18-13-15(14-2-1-3-17-12-14)19-4-8-24-9-5-19/h1-3,12,15H,4-11,13H2,(H,18,21)/t15-/m0/s1. The van der Waals surface area contributed by atoms with E-state index in [4.69, 9.17) is 4.74 Å². The highest BCUT2D eigenvalue weighted by atomic mass is 32.2. The lowest BCUT2D eigenvalue weighted by Crippen LogP contribution is -2.50. The minimum Gasteiger partial charge on any atom is -0.379 e. The second kappa shape index (κ2) is 8.11. The molecule has 3 heterocycles. The Labute approximate surface area is 148 Å². The van der Waals surface area contributed by atoms with Crippen molar-refractivity contribution in [3.05, 3.63) is 30.1 Å². The largest absolute Gasteiger partial charge is 0.379 e. The van der Waals surface area contributed by atoms with Gasteiger partial charge in [-0.15, -0.1) is 0 Å². The van der Waals surface area contributed by atoms with Crippen LogP contribution in [0.4, 0.5) is 4.79 Å². The monoisotopic (exact) mass is 368 g/mol. The van der Waals surface area contributed by atoms with Crippen molar-refractivity contribution in [1.29, 1.82) is 0 Å². The fraction of sp³-hybridized carbons (Fsp3) is 0.625. The van der Waals surface area contributed by atoms with Crippen LogP contribution in [-0.4, -0.2) is 86.7 Å². The molecule has 1 aromatic rings. The molecule has 0 saturated carbocycles. The minimum absolute atomic E-state index is 0.0232. The predicted molar refractivity (Wildman–Crippen MR) is 93.0 cm³/mol. The number of morpholine rings is 1. The second-order valence-corrected chi connectivity index (χ2v) is 8.58. The number of nitrogens with one attached hydrogen (secondary N) is 1. The zero-order valence-corrected chi connectivity index (χ0v) is 15.0. The smallest absolute Gasteiger partial charge is 0.317 e. The molecule has 1 atom stereocenters. The highest BCUT2D eigenvalue weighted by molar-refractivity contribution is 7.91. The molecule has 138 valence electrons. The van der Waals surface area contributed by atoms with Crippen molar-refractivity contribution in [2.24, 2.45) is 0 Å². The Bertz CT molecular complexity index is 663. The number of sulfone groups is 1. The SMILES string of the molecule is O=C(NC[C@@H](c1cccnc1)N1CCOCC1)N1CCS(=O)(=O)CC1. The van der Waals surface area contributed by atoms with Gasteiger partial charge in [0.25, 0.3) is 0 Å². The van der Waals surface area contributed by atoms with Gasteiger partial charge in [-0.1, -0.05) is 6.07 Å². The number of amides is 2. The number of aromatic nitrogens is 1. The second-order valence-electron chi connectivity index (χ2n) is 6.28. The Kier molecular flexibility index (Phi) is 5.87. The lowest BCUT2D eigenvalue weighted by Gasteiger charge is -2.35. The summed E-state index contributed by atoms with van der Waals surface area (Å²) >= 11 is 0. The van der Waals surface area contributed by atoms with Crippen LogP contribution in [0.3, 0.4) is 0 Å². The van der Waals surface area contributed by atoms with Gasteiger partial charge < -0.3 is 15.0 Å². The van der Waals surface area contributed by atoms with Crippen LogP contribution in [0.5, 0.6) is 0 Å². The van der Waals surface area contributed by atoms with Crippen LogP contribution in [0.2, 0.25) is 0 Å². The number of carbonyl (C=O) groups excluding carboxylic acids is 1. The third-order valence-corrected chi connectivity index (χ3v) is 6.24. The highest BCUT2D eigenvalue weighted by Gasteiger charge is 2.27. The Morgan fingerprint density at radius 3 is 2.60 bits per heavy atom. The summed E-state index contributed by atoms with van der Waals surface area (Å²) in [6.07, 6.45) is 3.55. The average Bonchev–Trinajstić information content (AvgIpc) is 2.63. The molecule has 2 saturated heterocycles. The molecular formula is C16H24N4O4S. The number of rotatable bonds is 4. The van der Waals surface area contributed by atoms with Crippen molar-refractivity contribution in [3.8, 4) is 0 Å².